The molecule has 0 saturated heterocycles. The Labute approximate surface area is 68.1 Å². The van der Waals surface area contributed by atoms with E-state index in [4.69, 9.17) is 4.74 Å². The van der Waals surface area contributed by atoms with E-state index in [-0.39, 0.29) is 0 Å². The summed E-state index contributed by atoms with van der Waals surface area (Å²) in [6.45, 7) is 2.87. The maximum atomic E-state index is 5.02. The second-order valence-corrected chi connectivity index (χ2v) is 2.78. The minimum absolute atomic E-state index is 0.542. The van der Waals surface area contributed by atoms with Crippen LogP contribution < -0.4 is 0 Å². The van der Waals surface area contributed by atoms with Crippen molar-refractivity contribution < 1.29 is 4.74 Å². The van der Waals surface area contributed by atoms with E-state index in [1.54, 1.807) is 7.11 Å². The molecule has 0 saturated carbocycles. The summed E-state index contributed by atoms with van der Waals surface area (Å²) in [7, 11) is 1.71. The van der Waals surface area contributed by atoms with Gasteiger partial charge in [0.1, 0.15) is 0 Å². The fourth-order valence-electron chi connectivity index (χ4n) is 1.01. The molecule has 11 heavy (non-hydrogen) atoms. The number of methoxy groups -OCH3 is 1. The van der Waals surface area contributed by atoms with Gasteiger partial charge in [-0.3, -0.25) is 0 Å². The molecule has 0 aromatic rings. The molecule has 1 heteroatoms. The largest absolute Gasteiger partial charge is 0.380 e. The van der Waals surface area contributed by atoms with Gasteiger partial charge in [0.15, 0.2) is 0 Å². The molecule has 0 aliphatic heterocycles. The van der Waals surface area contributed by atoms with E-state index >= 15 is 0 Å². The average Bonchev–Trinajstić information content (AvgIpc) is 2.17. The quantitative estimate of drug-likeness (QED) is 0.587. The van der Waals surface area contributed by atoms with Crippen LogP contribution in [0.1, 0.15) is 6.92 Å². The molecule has 0 aromatic carbocycles. The Morgan fingerprint density at radius 2 is 2.27 bits per heavy atom. The van der Waals surface area contributed by atoms with Crippen molar-refractivity contribution in [3.05, 3.63) is 36.0 Å². The lowest BCUT2D eigenvalue weighted by atomic mass is 10.1. The molecular weight excluding hydrogens is 136 g/mol. The zero-order valence-corrected chi connectivity index (χ0v) is 7.08. The standard InChI is InChI=1S/C10H14O/c1-9-4-3-5-10(7-6-9)8-11-2/h3-7,9H,8H2,1-2H3. The van der Waals surface area contributed by atoms with Crippen molar-refractivity contribution in [3.8, 4) is 0 Å². The Morgan fingerprint density at radius 1 is 1.45 bits per heavy atom. The summed E-state index contributed by atoms with van der Waals surface area (Å²) in [6, 6.07) is 0. The van der Waals surface area contributed by atoms with E-state index in [1.807, 2.05) is 0 Å². The molecule has 0 radical (unpaired) electrons. The lowest BCUT2D eigenvalue weighted by Gasteiger charge is -1.97. The van der Waals surface area contributed by atoms with Crippen LogP contribution in [0.15, 0.2) is 36.0 Å². The van der Waals surface area contributed by atoms with Gasteiger partial charge in [0.05, 0.1) is 6.61 Å². The summed E-state index contributed by atoms with van der Waals surface area (Å²) >= 11 is 0. The molecule has 0 aromatic heterocycles. The molecule has 1 rings (SSSR count). The highest BCUT2D eigenvalue weighted by molar-refractivity contribution is 5.28. The third-order valence-electron chi connectivity index (χ3n) is 1.65. The predicted molar refractivity (Wildman–Crippen MR) is 47.4 cm³/mol. The molecule has 1 aliphatic rings. The molecular formula is C10H14O. The molecule has 1 nitrogen and oxygen atoms in total. The fraction of sp³-hybridized carbons (Fsp3) is 0.400. The van der Waals surface area contributed by atoms with Crippen molar-refractivity contribution >= 4 is 0 Å². The van der Waals surface area contributed by atoms with E-state index in [9.17, 15) is 0 Å². The summed E-state index contributed by atoms with van der Waals surface area (Å²) in [5.74, 6) is 0.542. The van der Waals surface area contributed by atoms with Gasteiger partial charge in [-0.15, -0.1) is 0 Å². The maximum absolute atomic E-state index is 5.02. The smallest absolute Gasteiger partial charge is 0.0712 e. The zero-order valence-electron chi connectivity index (χ0n) is 7.08. The number of allylic oxidation sites excluding steroid dienone is 4. The molecule has 0 amide bonds. The van der Waals surface area contributed by atoms with Gasteiger partial charge in [-0.2, -0.15) is 0 Å². The van der Waals surface area contributed by atoms with Crippen LogP contribution in [-0.4, -0.2) is 13.7 Å². The molecule has 0 bridgehead atoms. The van der Waals surface area contributed by atoms with Gasteiger partial charge in [-0.25, -0.2) is 0 Å². The summed E-state index contributed by atoms with van der Waals surface area (Å²) in [5.41, 5.74) is 1.23. The minimum Gasteiger partial charge on any atom is -0.380 e. The highest BCUT2D eigenvalue weighted by Crippen LogP contribution is 2.09. The first-order valence-electron chi connectivity index (χ1n) is 3.87. The fourth-order valence-corrected chi connectivity index (χ4v) is 1.01. The van der Waals surface area contributed by atoms with Gasteiger partial charge in [-0.05, 0) is 11.5 Å². The van der Waals surface area contributed by atoms with E-state index in [0.717, 1.165) is 0 Å². The first kappa shape index (κ1) is 8.28. The first-order chi connectivity index (χ1) is 5.33. The SMILES string of the molecule is COCC1=CC=CC(C)C=C1. The van der Waals surface area contributed by atoms with Crippen molar-refractivity contribution in [1.82, 2.24) is 0 Å². The molecule has 0 N–H and O–H groups in total. The van der Waals surface area contributed by atoms with Crippen molar-refractivity contribution in [2.75, 3.05) is 13.7 Å². The minimum atomic E-state index is 0.542. The first-order valence-corrected chi connectivity index (χ1v) is 3.87. The average molecular weight is 150 g/mol. The van der Waals surface area contributed by atoms with Crippen molar-refractivity contribution in [1.29, 1.82) is 0 Å². The van der Waals surface area contributed by atoms with E-state index < -0.39 is 0 Å². The van der Waals surface area contributed by atoms with Crippen molar-refractivity contribution in [2.24, 2.45) is 5.92 Å². The van der Waals surface area contributed by atoms with E-state index in [1.165, 1.54) is 5.57 Å². The normalized spacial score (nSPS) is 23.1. The van der Waals surface area contributed by atoms with Gasteiger partial charge in [-0.1, -0.05) is 37.3 Å². The van der Waals surface area contributed by atoms with Crippen LogP contribution in [0.25, 0.3) is 0 Å². The van der Waals surface area contributed by atoms with Crippen LogP contribution >= 0.6 is 0 Å². The summed E-state index contributed by atoms with van der Waals surface area (Å²) in [6.07, 6.45) is 10.6. The lowest BCUT2D eigenvalue weighted by molar-refractivity contribution is 0.228. The van der Waals surface area contributed by atoms with Crippen LogP contribution in [0, 0.1) is 5.92 Å². The van der Waals surface area contributed by atoms with Crippen LogP contribution in [0.3, 0.4) is 0 Å². The van der Waals surface area contributed by atoms with Gasteiger partial charge >= 0.3 is 0 Å². The van der Waals surface area contributed by atoms with Crippen LogP contribution in [0.5, 0.6) is 0 Å². The zero-order chi connectivity index (χ0) is 8.10. The Hall–Kier alpha value is -0.820. The third-order valence-corrected chi connectivity index (χ3v) is 1.65. The maximum Gasteiger partial charge on any atom is 0.0712 e. The molecule has 0 fully saturated rings. The second-order valence-electron chi connectivity index (χ2n) is 2.78. The van der Waals surface area contributed by atoms with Crippen molar-refractivity contribution in [2.45, 2.75) is 6.92 Å². The number of ether oxygens (including phenoxy) is 1. The summed E-state index contributed by atoms with van der Waals surface area (Å²) in [4.78, 5) is 0. The van der Waals surface area contributed by atoms with E-state index in [2.05, 4.69) is 37.3 Å². The highest BCUT2D eigenvalue weighted by atomic mass is 16.5. The Balaban J connectivity index is 2.61. The monoisotopic (exact) mass is 150 g/mol. The molecule has 60 valence electrons. The number of hydrogen-bond acceptors (Lipinski definition) is 1. The van der Waals surface area contributed by atoms with Crippen LogP contribution in [0.2, 0.25) is 0 Å². The number of hydrogen-bond donors (Lipinski definition) is 0. The molecule has 1 unspecified atom stereocenters. The van der Waals surface area contributed by atoms with Gasteiger partial charge in [0.25, 0.3) is 0 Å². The summed E-state index contributed by atoms with van der Waals surface area (Å²) < 4.78 is 5.02. The Morgan fingerprint density at radius 3 is 3.00 bits per heavy atom. The van der Waals surface area contributed by atoms with E-state index in [0.29, 0.717) is 12.5 Å². The van der Waals surface area contributed by atoms with Gasteiger partial charge in [0, 0.05) is 7.11 Å². The topological polar surface area (TPSA) is 9.23 Å². The molecule has 1 atom stereocenters. The third kappa shape index (κ3) is 2.72. The molecule has 1 aliphatic carbocycles. The van der Waals surface area contributed by atoms with Crippen LogP contribution in [0.4, 0.5) is 0 Å². The Kier molecular flexibility index (Phi) is 3.12. The predicted octanol–water partition coefficient (Wildman–Crippen LogP) is 2.32. The number of rotatable bonds is 2. The molecule has 0 heterocycles. The lowest BCUT2D eigenvalue weighted by Crippen LogP contribution is -1.90. The van der Waals surface area contributed by atoms with Gasteiger partial charge in [0.2, 0.25) is 0 Å². The van der Waals surface area contributed by atoms with Crippen LogP contribution in [-0.2, 0) is 4.74 Å². The Bertz CT molecular complexity index is 199. The summed E-state index contributed by atoms with van der Waals surface area (Å²) in [5, 5.41) is 0. The van der Waals surface area contributed by atoms with Gasteiger partial charge < -0.3 is 4.74 Å². The molecule has 0 spiro atoms. The highest BCUT2D eigenvalue weighted by Gasteiger charge is 1.95. The van der Waals surface area contributed by atoms with Crippen molar-refractivity contribution in [3.63, 3.8) is 0 Å². The second kappa shape index (κ2) is 4.14.